The number of aryl methyl sites for hydroxylation is 1. The van der Waals surface area contributed by atoms with Gasteiger partial charge in [0.15, 0.2) is 5.16 Å². The van der Waals surface area contributed by atoms with Gasteiger partial charge in [-0.3, -0.25) is 14.2 Å². The molecule has 146 valence electrons. The molecule has 2 heterocycles. The van der Waals surface area contributed by atoms with Crippen LogP contribution in [0.5, 0.6) is 0 Å². The third kappa shape index (κ3) is 3.61. The SMILES string of the molecule is CCNC(=O)CSc1nc2sc3c(c2c(=O)n1-c1ccccc1)CC[C@@H](C)C3. The number of hydrogen-bond donors (Lipinski definition) is 1. The smallest absolute Gasteiger partial charge is 0.267 e. The lowest BCUT2D eigenvalue weighted by Gasteiger charge is -2.17. The number of amides is 1. The van der Waals surface area contributed by atoms with Crippen molar-refractivity contribution in [3.05, 3.63) is 51.1 Å². The van der Waals surface area contributed by atoms with Gasteiger partial charge in [-0.05, 0) is 49.8 Å². The van der Waals surface area contributed by atoms with Crippen molar-refractivity contribution in [2.24, 2.45) is 5.92 Å². The van der Waals surface area contributed by atoms with Crippen molar-refractivity contribution >= 4 is 39.2 Å². The highest BCUT2D eigenvalue weighted by molar-refractivity contribution is 7.99. The zero-order valence-electron chi connectivity index (χ0n) is 16.0. The average molecular weight is 414 g/mol. The second-order valence-electron chi connectivity index (χ2n) is 7.14. The Bertz CT molecular complexity index is 1070. The lowest BCUT2D eigenvalue weighted by Crippen LogP contribution is -2.26. The maximum atomic E-state index is 13.6. The van der Waals surface area contributed by atoms with Crippen LogP contribution in [0.25, 0.3) is 15.9 Å². The first-order chi connectivity index (χ1) is 13.6. The fourth-order valence-corrected chi connectivity index (χ4v) is 5.92. The van der Waals surface area contributed by atoms with E-state index in [9.17, 15) is 9.59 Å². The lowest BCUT2D eigenvalue weighted by atomic mass is 9.89. The molecule has 1 aliphatic rings. The number of hydrogen-bond acceptors (Lipinski definition) is 5. The number of nitrogens with one attached hydrogen (secondary N) is 1. The van der Waals surface area contributed by atoms with Crippen LogP contribution in [-0.2, 0) is 17.6 Å². The van der Waals surface area contributed by atoms with Gasteiger partial charge in [0.2, 0.25) is 5.91 Å². The summed E-state index contributed by atoms with van der Waals surface area (Å²) in [6.07, 6.45) is 3.06. The first kappa shape index (κ1) is 19.2. The Morgan fingerprint density at radius 2 is 2.14 bits per heavy atom. The molecule has 0 fully saturated rings. The van der Waals surface area contributed by atoms with Gasteiger partial charge in [-0.2, -0.15) is 0 Å². The number of thiophene rings is 1. The van der Waals surface area contributed by atoms with Gasteiger partial charge in [-0.15, -0.1) is 11.3 Å². The van der Waals surface area contributed by atoms with Gasteiger partial charge in [-0.1, -0.05) is 36.9 Å². The highest BCUT2D eigenvalue weighted by Gasteiger charge is 2.25. The average Bonchev–Trinajstić information content (AvgIpc) is 3.04. The van der Waals surface area contributed by atoms with E-state index in [1.807, 2.05) is 37.3 Å². The predicted molar refractivity (Wildman–Crippen MR) is 116 cm³/mol. The molecule has 2 aromatic heterocycles. The third-order valence-electron chi connectivity index (χ3n) is 5.02. The topological polar surface area (TPSA) is 64.0 Å². The van der Waals surface area contributed by atoms with Gasteiger partial charge in [0.1, 0.15) is 4.83 Å². The molecule has 0 saturated heterocycles. The van der Waals surface area contributed by atoms with Crippen LogP contribution in [0.15, 0.2) is 40.3 Å². The summed E-state index contributed by atoms with van der Waals surface area (Å²) in [5, 5.41) is 4.13. The highest BCUT2D eigenvalue weighted by atomic mass is 32.2. The number of fused-ring (bicyclic) bond motifs is 3. The number of benzene rings is 1. The molecule has 1 aliphatic carbocycles. The molecule has 0 aliphatic heterocycles. The molecule has 3 aromatic rings. The Hall–Kier alpha value is -2.12. The van der Waals surface area contributed by atoms with E-state index < -0.39 is 0 Å². The molecular weight excluding hydrogens is 390 g/mol. The summed E-state index contributed by atoms with van der Waals surface area (Å²) in [5.41, 5.74) is 1.94. The van der Waals surface area contributed by atoms with E-state index in [1.165, 1.54) is 22.2 Å². The molecule has 0 radical (unpaired) electrons. The quantitative estimate of drug-likeness (QED) is 0.510. The molecule has 0 bridgehead atoms. The van der Waals surface area contributed by atoms with Gasteiger partial charge < -0.3 is 5.32 Å². The fourth-order valence-electron chi connectivity index (χ4n) is 3.65. The van der Waals surface area contributed by atoms with Crippen molar-refractivity contribution in [2.75, 3.05) is 12.3 Å². The molecule has 1 amide bonds. The summed E-state index contributed by atoms with van der Waals surface area (Å²) in [6.45, 7) is 4.74. The van der Waals surface area contributed by atoms with Gasteiger partial charge >= 0.3 is 0 Å². The number of thioether (sulfide) groups is 1. The Morgan fingerprint density at radius 1 is 1.36 bits per heavy atom. The number of nitrogens with zero attached hydrogens (tertiary/aromatic N) is 2. The standard InChI is InChI=1S/C21H23N3O2S2/c1-3-22-17(25)12-27-21-23-19-18(15-10-9-13(2)11-16(15)28-19)20(26)24(21)14-7-5-4-6-8-14/h4-8,13H,3,9-12H2,1-2H3,(H,22,25)/t13-/m1/s1. The van der Waals surface area contributed by atoms with E-state index in [2.05, 4.69) is 12.2 Å². The van der Waals surface area contributed by atoms with Crippen LogP contribution in [-0.4, -0.2) is 27.8 Å². The van der Waals surface area contributed by atoms with E-state index in [-0.39, 0.29) is 17.2 Å². The minimum Gasteiger partial charge on any atom is -0.356 e. The van der Waals surface area contributed by atoms with Crippen molar-refractivity contribution in [1.29, 1.82) is 0 Å². The zero-order valence-corrected chi connectivity index (χ0v) is 17.7. The Labute approximate surface area is 172 Å². The molecule has 1 N–H and O–H groups in total. The molecule has 5 nitrogen and oxygen atoms in total. The number of carbonyl (C=O) groups excluding carboxylic acids is 1. The summed E-state index contributed by atoms with van der Waals surface area (Å²) in [7, 11) is 0. The monoisotopic (exact) mass is 413 g/mol. The second kappa shape index (κ2) is 8.09. The molecule has 0 saturated carbocycles. The van der Waals surface area contributed by atoms with Crippen molar-refractivity contribution in [1.82, 2.24) is 14.9 Å². The summed E-state index contributed by atoms with van der Waals surface area (Å²) >= 11 is 2.95. The van der Waals surface area contributed by atoms with Gasteiger partial charge in [0.25, 0.3) is 5.56 Å². The number of carbonyl (C=O) groups is 1. The van der Waals surface area contributed by atoms with Crippen LogP contribution in [0.3, 0.4) is 0 Å². The second-order valence-corrected chi connectivity index (χ2v) is 9.17. The summed E-state index contributed by atoms with van der Waals surface area (Å²) in [5.74, 6) is 0.824. The minimum atomic E-state index is -0.0549. The Kier molecular flexibility index (Phi) is 5.55. The maximum Gasteiger partial charge on any atom is 0.267 e. The zero-order chi connectivity index (χ0) is 19.7. The van der Waals surface area contributed by atoms with Crippen LogP contribution in [0, 0.1) is 5.92 Å². The van der Waals surface area contributed by atoms with Crippen molar-refractivity contribution in [3.8, 4) is 5.69 Å². The molecule has 0 unspecified atom stereocenters. The molecule has 1 aromatic carbocycles. The molecule has 0 spiro atoms. The predicted octanol–water partition coefficient (Wildman–Crippen LogP) is 3.80. The third-order valence-corrected chi connectivity index (χ3v) is 7.11. The summed E-state index contributed by atoms with van der Waals surface area (Å²) in [4.78, 5) is 32.4. The van der Waals surface area contributed by atoms with E-state index in [0.29, 0.717) is 17.6 Å². The molecule has 7 heteroatoms. The summed E-state index contributed by atoms with van der Waals surface area (Å²) in [6, 6.07) is 9.57. The van der Waals surface area contributed by atoms with Crippen LogP contribution < -0.4 is 10.9 Å². The first-order valence-electron chi connectivity index (χ1n) is 9.60. The minimum absolute atomic E-state index is 0.0262. The number of para-hydroxylation sites is 1. The van der Waals surface area contributed by atoms with E-state index >= 15 is 0 Å². The Balaban J connectivity index is 1.86. The van der Waals surface area contributed by atoms with Crippen LogP contribution >= 0.6 is 23.1 Å². The highest BCUT2D eigenvalue weighted by Crippen LogP contribution is 2.36. The lowest BCUT2D eigenvalue weighted by molar-refractivity contribution is -0.118. The van der Waals surface area contributed by atoms with Gasteiger partial charge in [-0.25, -0.2) is 4.98 Å². The van der Waals surface area contributed by atoms with Gasteiger partial charge in [0, 0.05) is 11.4 Å². The number of aromatic nitrogens is 2. The van der Waals surface area contributed by atoms with E-state index in [4.69, 9.17) is 4.98 Å². The van der Waals surface area contributed by atoms with E-state index in [0.717, 1.165) is 35.2 Å². The van der Waals surface area contributed by atoms with Crippen LogP contribution in [0.4, 0.5) is 0 Å². The molecule has 4 rings (SSSR count). The van der Waals surface area contributed by atoms with Crippen molar-refractivity contribution in [3.63, 3.8) is 0 Å². The molecular formula is C21H23N3O2S2. The molecule has 28 heavy (non-hydrogen) atoms. The van der Waals surface area contributed by atoms with E-state index in [1.54, 1.807) is 15.9 Å². The maximum absolute atomic E-state index is 13.6. The first-order valence-corrected chi connectivity index (χ1v) is 11.4. The largest absolute Gasteiger partial charge is 0.356 e. The summed E-state index contributed by atoms with van der Waals surface area (Å²) < 4.78 is 1.66. The van der Waals surface area contributed by atoms with Crippen molar-refractivity contribution in [2.45, 2.75) is 38.3 Å². The van der Waals surface area contributed by atoms with Gasteiger partial charge in [0.05, 0.1) is 16.8 Å². The Morgan fingerprint density at radius 3 is 2.89 bits per heavy atom. The van der Waals surface area contributed by atoms with Crippen LogP contribution in [0.1, 0.15) is 30.7 Å². The number of rotatable bonds is 5. The molecule has 1 atom stereocenters. The van der Waals surface area contributed by atoms with Crippen molar-refractivity contribution < 1.29 is 4.79 Å². The fraction of sp³-hybridized carbons (Fsp3) is 0.381. The van der Waals surface area contributed by atoms with Crippen LogP contribution in [0.2, 0.25) is 0 Å². The normalized spacial score (nSPS) is 16.1.